The third kappa shape index (κ3) is 11.4. The number of rotatable bonds is 12. The van der Waals surface area contributed by atoms with Crippen LogP contribution < -0.4 is 14.5 Å². The van der Waals surface area contributed by atoms with Crippen molar-refractivity contribution < 1.29 is 64.9 Å². The molecule has 0 aliphatic carbocycles. The molecular formula is C54H59F3N8O11S. The summed E-state index contributed by atoms with van der Waals surface area (Å²) in [4.78, 5) is 89.6. The SMILES string of the molecule is CC(C)(C)OC(=O)N(c1ccc(F)c(C(=O)c2cn(C(=O)OC(C)(C)C)c3ncc(-c4ccc(C[C@@H](O)CN5CCN(c6ccc7c(c6)CN(C6CCC(=O)NC6=O)C7=O)CC5)cc4)cc23)c1F)S(=O)(=O)N1CC[C@@H](F)C1. The molecule has 2 aromatic heterocycles. The minimum absolute atomic E-state index is 0.0347. The number of nitrogens with zero attached hydrogens (tertiary/aromatic N) is 7. The van der Waals surface area contributed by atoms with E-state index >= 15 is 8.78 Å². The summed E-state index contributed by atoms with van der Waals surface area (Å²) in [6.45, 7) is 11.5. The Morgan fingerprint density at radius 3 is 2.23 bits per heavy atom. The number of ketones is 1. The first-order valence-corrected chi connectivity index (χ1v) is 26.6. The fraction of sp³-hybridized carbons (Fsp3) is 0.426. The number of fused-ring (bicyclic) bond motifs is 2. The zero-order chi connectivity index (χ0) is 55.5. The van der Waals surface area contributed by atoms with Crippen LogP contribution in [0.2, 0.25) is 0 Å². The van der Waals surface area contributed by atoms with Gasteiger partial charge < -0.3 is 24.4 Å². The van der Waals surface area contributed by atoms with Gasteiger partial charge in [0.2, 0.25) is 17.6 Å². The second-order valence-corrected chi connectivity index (χ2v) is 23.4. The molecule has 5 aromatic rings. The van der Waals surface area contributed by atoms with Crippen molar-refractivity contribution in [1.82, 2.24) is 29.0 Å². The highest BCUT2D eigenvalue weighted by Crippen LogP contribution is 2.36. The molecule has 77 heavy (non-hydrogen) atoms. The minimum atomic E-state index is -5.07. The van der Waals surface area contributed by atoms with Gasteiger partial charge in [-0.1, -0.05) is 24.3 Å². The molecule has 0 saturated carbocycles. The van der Waals surface area contributed by atoms with Gasteiger partial charge in [0.1, 0.15) is 40.6 Å². The van der Waals surface area contributed by atoms with Gasteiger partial charge in [0, 0.05) is 93.4 Å². The highest BCUT2D eigenvalue weighted by Gasteiger charge is 2.44. The number of carbonyl (C=O) groups excluding carboxylic acids is 6. The molecule has 3 saturated heterocycles. The number of benzene rings is 3. The van der Waals surface area contributed by atoms with Crippen LogP contribution in [-0.4, -0.2) is 148 Å². The van der Waals surface area contributed by atoms with Crippen LogP contribution in [0.5, 0.6) is 0 Å². The molecule has 19 nitrogen and oxygen atoms in total. The van der Waals surface area contributed by atoms with Crippen LogP contribution in [0, 0.1) is 11.6 Å². The van der Waals surface area contributed by atoms with E-state index in [1.807, 2.05) is 24.3 Å². The molecule has 6 heterocycles. The first-order valence-electron chi connectivity index (χ1n) is 25.2. The smallest absolute Gasteiger partial charge is 0.430 e. The summed E-state index contributed by atoms with van der Waals surface area (Å²) in [5.74, 6) is -5.55. The Bertz CT molecular complexity index is 3310. The van der Waals surface area contributed by atoms with Crippen molar-refractivity contribution in [3.05, 3.63) is 113 Å². The van der Waals surface area contributed by atoms with Gasteiger partial charge in [-0.25, -0.2) is 32.3 Å². The van der Waals surface area contributed by atoms with Crippen molar-refractivity contribution in [2.24, 2.45) is 0 Å². The average molecular weight is 1090 g/mol. The number of piperazine rings is 1. The second kappa shape index (κ2) is 21.0. The maximum atomic E-state index is 17.0. The Balaban J connectivity index is 0.912. The molecule has 23 heteroatoms. The summed E-state index contributed by atoms with van der Waals surface area (Å²) >= 11 is 0. The number of halogens is 3. The number of aliphatic hydroxyl groups excluding tert-OH is 1. The van der Waals surface area contributed by atoms with E-state index < -0.39 is 98.6 Å². The highest BCUT2D eigenvalue weighted by atomic mass is 32.2. The summed E-state index contributed by atoms with van der Waals surface area (Å²) in [5, 5.41) is 13.5. The van der Waals surface area contributed by atoms with Crippen LogP contribution in [-0.2, 0) is 42.2 Å². The number of alkyl halides is 1. The number of nitrogens with one attached hydrogen (secondary N) is 1. The monoisotopic (exact) mass is 1080 g/mol. The van der Waals surface area contributed by atoms with Gasteiger partial charge in [-0.05, 0) is 114 Å². The van der Waals surface area contributed by atoms with E-state index in [0.29, 0.717) is 72.3 Å². The van der Waals surface area contributed by atoms with E-state index in [4.69, 9.17) is 9.47 Å². The largest absolute Gasteiger partial charge is 0.443 e. The minimum Gasteiger partial charge on any atom is -0.443 e. The van der Waals surface area contributed by atoms with E-state index in [2.05, 4.69) is 20.1 Å². The molecule has 3 atom stereocenters. The number of aliphatic hydroxyl groups is 1. The van der Waals surface area contributed by atoms with E-state index in [1.54, 1.807) is 39.0 Å². The molecule has 3 aromatic carbocycles. The summed E-state index contributed by atoms with van der Waals surface area (Å²) < 4.78 is 87.6. The van der Waals surface area contributed by atoms with Gasteiger partial charge in [0.15, 0.2) is 5.82 Å². The van der Waals surface area contributed by atoms with E-state index in [9.17, 15) is 46.7 Å². The molecular weight excluding hydrogens is 1030 g/mol. The van der Waals surface area contributed by atoms with Crippen molar-refractivity contribution in [3.63, 3.8) is 0 Å². The number of piperidine rings is 1. The number of ether oxygens (including phenoxy) is 2. The molecule has 4 aliphatic heterocycles. The van der Waals surface area contributed by atoms with E-state index in [0.717, 1.165) is 27.6 Å². The molecule has 9 rings (SSSR count). The number of anilines is 2. The average Bonchev–Trinajstić information content (AvgIpc) is 4.16. The Morgan fingerprint density at radius 2 is 1.58 bits per heavy atom. The Labute approximate surface area is 442 Å². The maximum absolute atomic E-state index is 17.0. The summed E-state index contributed by atoms with van der Waals surface area (Å²) in [6, 6.07) is 14.9. The zero-order valence-electron chi connectivity index (χ0n) is 43.3. The number of amides is 4. The Kier molecular flexibility index (Phi) is 14.9. The van der Waals surface area contributed by atoms with Gasteiger partial charge in [0.05, 0.1) is 17.2 Å². The lowest BCUT2D eigenvalue weighted by Gasteiger charge is -2.37. The number of imide groups is 1. The lowest BCUT2D eigenvalue weighted by atomic mass is 9.98. The third-order valence-corrected chi connectivity index (χ3v) is 15.5. The third-order valence-electron chi connectivity index (χ3n) is 13.7. The van der Waals surface area contributed by atoms with Crippen LogP contribution in [0.3, 0.4) is 0 Å². The number of carbonyl (C=O) groups is 6. The van der Waals surface area contributed by atoms with Gasteiger partial charge in [-0.15, -0.1) is 0 Å². The van der Waals surface area contributed by atoms with Crippen LogP contribution in [0.1, 0.15) is 98.2 Å². The number of β-amino-alcohol motifs (C(OH)–C–C–N with tert-alkyl or cyclic N) is 1. The lowest BCUT2D eigenvalue weighted by molar-refractivity contribution is -0.136. The Hall–Kier alpha value is -7.21. The molecule has 0 bridgehead atoms. The van der Waals surface area contributed by atoms with Crippen LogP contribution in [0.4, 0.5) is 34.1 Å². The predicted octanol–water partition coefficient (Wildman–Crippen LogP) is 6.51. The molecule has 2 N–H and O–H groups in total. The summed E-state index contributed by atoms with van der Waals surface area (Å²) in [5.41, 5.74) is -1.07. The predicted molar refractivity (Wildman–Crippen MR) is 276 cm³/mol. The van der Waals surface area contributed by atoms with E-state index in [-0.39, 0.29) is 59.5 Å². The maximum Gasteiger partial charge on any atom is 0.430 e. The topological polar surface area (TPSA) is 221 Å². The quantitative estimate of drug-likeness (QED) is 0.101. The fourth-order valence-electron chi connectivity index (χ4n) is 9.98. The second-order valence-electron chi connectivity index (χ2n) is 21.7. The van der Waals surface area contributed by atoms with Crippen LogP contribution >= 0.6 is 0 Å². The number of pyridine rings is 1. The zero-order valence-corrected chi connectivity index (χ0v) is 44.2. The number of hydrogen-bond acceptors (Lipinski definition) is 14. The van der Waals surface area contributed by atoms with Gasteiger partial charge in [0.25, 0.3) is 5.91 Å². The standard InChI is InChI=1S/C54H59F3N8O11S/c1-53(2,3)75-51(71)64-30-40(47(68)45-41(56)13-14-42(46(45)57)65(52(72)76-54(4,5)6)77(73,74)62-18-17-35(55)28-62)39-25-33(26-58-48(39)64)32-9-7-31(8-10-32)23-37(66)29-60-19-21-61(22-20-60)36-11-12-38-34(24-36)27-63(50(38)70)43-15-16-44(67)59-49(43)69/h7-14,24-26,30,35,37,43,66H,15-23,27-29H2,1-6H3,(H,59,67,69)/t35-,37-,43?/m1/s1. The van der Waals surface area contributed by atoms with E-state index in [1.165, 1.54) is 37.9 Å². The Morgan fingerprint density at radius 1 is 0.883 bits per heavy atom. The number of aromatic nitrogens is 2. The fourth-order valence-corrected chi connectivity index (χ4v) is 11.5. The molecule has 1 unspecified atom stereocenters. The van der Waals surface area contributed by atoms with Crippen LogP contribution in [0.15, 0.2) is 73.1 Å². The van der Waals surface area contributed by atoms with Gasteiger partial charge in [-0.3, -0.25) is 29.4 Å². The van der Waals surface area contributed by atoms with Gasteiger partial charge in [-0.2, -0.15) is 17.0 Å². The van der Waals surface area contributed by atoms with Crippen LogP contribution in [0.25, 0.3) is 22.2 Å². The molecule has 0 spiro atoms. The summed E-state index contributed by atoms with van der Waals surface area (Å²) in [7, 11) is -5.07. The highest BCUT2D eigenvalue weighted by molar-refractivity contribution is 7.91. The van der Waals surface area contributed by atoms with Gasteiger partial charge >= 0.3 is 22.4 Å². The van der Waals surface area contributed by atoms with Crippen molar-refractivity contribution >= 4 is 68.3 Å². The normalized spacial score (nSPS) is 19.1. The van der Waals surface area contributed by atoms with Crippen molar-refractivity contribution in [3.8, 4) is 11.1 Å². The first-order chi connectivity index (χ1) is 36.3. The van der Waals surface area contributed by atoms with Crippen molar-refractivity contribution in [2.75, 3.05) is 55.0 Å². The molecule has 0 radical (unpaired) electrons. The first kappa shape index (κ1) is 54.6. The molecule has 4 aliphatic rings. The summed E-state index contributed by atoms with van der Waals surface area (Å²) in [6.07, 6.45) is -1.85. The molecule has 408 valence electrons. The molecule has 4 amide bonds. The van der Waals surface area contributed by atoms with Crippen molar-refractivity contribution in [1.29, 1.82) is 0 Å². The van der Waals surface area contributed by atoms with Crippen molar-refractivity contribution in [2.45, 2.75) is 103 Å². The number of hydrogen-bond donors (Lipinski definition) is 2. The molecule has 3 fully saturated rings. The lowest BCUT2D eigenvalue weighted by Crippen LogP contribution is -2.52.